The molecular formula is C12H14BrN3OS. The number of aromatic nitrogens is 3. The van der Waals surface area contributed by atoms with Gasteiger partial charge in [0.05, 0.1) is 17.7 Å². The molecule has 1 aliphatic heterocycles. The van der Waals surface area contributed by atoms with Crippen LogP contribution in [0.2, 0.25) is 0 Å². The quantitative estimate of drug-likeness (QED) is 0.859. The van der Waals surface area contributed by atoms with Crippen LogP contribution >= 0.6 is 28.1 Å². The van der Waals surface area contributed by atoms with Gasteiger partial charge in [0.2, 0.25) is 0 Å². The number of hydrogen-bond donors (Lipinski definition) is 1. The Bertz CT molecular complexity index is 642. The van der Waals surface area contributed by atoms with Crippen molar-refractivity contribution in [2.24, 2.45) is 0 Å². The minimum Gasteiger partial charge on any atom is -0.373 e. The highest BCUT2D eigenvalue weighted by molar-refractivity contribution is 9.10. The molecule has 1 N–H and O–H groups in total. The van der Waals surface area contributed by atoms with Crippen LogP contribution in [0.5, 0.6) is 0 Å². The van der Waals surface area contributed by atoms with Crippen LogP contribution in [-0.4, -0.2) is 26.7 Å². The Morgan fingerprint density at radius 2 is 2.50 bits per heavy atom. The summed E-state index contributed by atoms with van der Waals surface area (Å²) >= 11 is 8.79. The van der Waals surface area contributed by atoms with Crippen molar-refractivity contribution in [3.05, 3.63) is 21.5 Å². The molecule has 1 aliphatic rings. The Kier molecular flexibility index (Phi) is 3.03. The van der Waals surface area contributed by atoms with E-state index in [4.69, 9.17) is 17.0 Å². The summed E-state index contributed by atoms with van der Waals surface area (Å²) < 4.78 is 9.50. The first kappa shape index (κ1) is 12.3. The monoisotopic (exact) mass is 327 g/mol. The minimum atomic E-state index is -0.123. The van der Waals surface area contributed by atoms with Crippen molar-refractivity contribution >= 4 is 39.3 Å². The Labute approximate surface area is 118 Å². The molecule has 6 heteroatoms. The standard InChI is InChI=1S/C12H14BrN3OS/c1-12(3-2-4-17-12)7-16-10-9(15-11(16)18)5-8(13)6-14-10/h5-6H,2-4,7H2,1H3,(H,15,18). The molecule has 2 aromatic heterocycles. The van der Waals surface area contributed by atoms with E-state index in [1.165, 1.54) is 0 Å². The van der Waals surface area contributed by atoms with Gasteiger partial charge >= 0.3 is 0 Å². The lowest BCUT2D eigenvalue weighted by Crippen LogP contribution is -2.29. The number of halogens is 1. The molecule has 2 aromatic rings. The summed E-state index contributed by atoms with van der Waals surface area (Å²) in [5, 5.41) is 0. The van der Waals surface area contributed by atoms with E-state index < -0.39 is 0 Å². The van der Waals surface area contributed by atoms with E-state index in [0.29, 0.717) is 4.77 Å². The third-order valence-corrected chi connectivity index (χ3v) is 4.12. The molecule has 1 atom stereocenters. The predicted octanol–water partition coefficient (Wildman–Crippen LogP) is 3.43. The van der Waals surface area contributed by atoms with Crippen molar-refractivity contribution in [3.8, 4) is 0 Å². The van der Waals surface area contributed by atoms with Gasteiger partial charge in [-0.2, -0.15) is 0 Å². The topological polar surface area (TPSA) is 42.8 Å². The molecule has 18 heavy (non-hydrogen) atoms. The zero-order valence-corrected chi connectivity index (χ0v) is 12.5. The third kappa shape index (κ3) is 2.13. The van der Waals surface area contributed by atoms with E-state index >= 15 is 0 Å². The SMILES string of the molecule is CC1(Cn2c(=S)[nH]c3cc(Br)cnc32)CCCO1. The summed E-state index contributed by atoms with van der Waals surface area (Å²) in [7, 11) is 0. The van der Waals surface area contributed by atoms with Gasteiger partial charge in [-0.15, -0.1) is 0 Å². The average Bonchev–Trinajstić information content (AvgIpc) is 2.85. The molecule has 96 valence electrons. The lowest BCUT2D eigenvalue weighted by Gasteiger charge is -2.23. The number of pyridine rings is 1. The fourth-order valence-corrected chi connectivity index (χ4v) is 3.05. The molecule has 1 saturated heterocycles. The molecule has 0 bridgehead atoms. The normalized spacial score (nSPS) is 23.9. The second kappa shape index (κ2) is 4.43. The van der Waals surface area contributed by atoms with Crippen molar-refractivity contribution in [1.29, 1.82) is 0 Å². The van der Waals surface area contributed by atoms with Crippen LogP contribution in [0, 0.1) is 4.77 Å². The number of ether oxygens (including phenoxy) is 1. The fourth-order valence-electron chi connectivity index (χ4n) is 2.46. The number of fused-ring (bicyclic) bond motifs is 1. The van der Waals surface area contributed by atoms with E-state index in [0.717, 1.165) is 41.6 Å². The first-order valence-corrected chi connectivity index (χ1v) is 7.16. The maximum absolute atomic E-state index is 5.82. The summed E-state index contributed by atoms with van der Waals surface area (Å²) in [6, 6.07) is 1.99. The number of imidazole rings is 1. The van der Waals surface area contributed by atoms with Gasteiger partial charge in [0.25, 0.3) is 0 Å². The Balaban J connectivity index is 2.06. The van der Waals surface area contributed by atoms with Gasteiger partial charge in [-0.1, -0.05) is 0 Å². The van der Waals surface area contributed by atoms with Crippen LogP contribution in [-0.2, 0) is 11.3 Å². The Morgan fingerprint density at radius 3 is 3.22 bits per heavy atom. The van der Waals surface area contributed by atoms with Crippen LogP contribution in [0.1, 0.15) is 19.8 Å². The van der Waals surface area contributed by atoms with Crippen LogP contribution in [0.4, 0.5) is 0 Å². The van der Waals surface area contributed by atoms with Crippen molar-refractivity contribution in [2.45, 2.75) is 31.9 Å². The summed E-state index contributed by atoms with van der Waals surface area (Å²) in [4.78, 5) is 7.63. The minimum absolute atomic E-state index is 0.123. The number of hydrogen-bond acceptors (Lipinski definition) is 3. The van der Waals surface area contributed by atoms with Crippen molar-refractivity contribution in [3.63, 3.8) is 0 Å². The molecule has 0 amide bonds. The first-order chi connectivity index (χ1) is 8.57. The van der Waals surface area contributed by atoms with Crippen LogP contribution in [0.25, 0.3) is 11.2 Å². The zero-order valence-electron chi connectivity index (χ0n) is 10.1. The number of rotatable bonds is 2. The van der Waals surface area contributed by atoms with Crippen LogP contribution < -0.4 is 0 Å². The maximum atomic E-state index is 5.82. The van der Waals surface area contributed by atoms with Gasteiger partial charge in [-0.25, -0.2) is 4.98 Å². The maximum Gasteiger partial charge on any atom is 0.179 e. The highest BCUT2D eigenvalue weighted by atomic mass is 79.9. The van der Waals surface area contributed by atoms with Gasteiger partial charge in [0, 0.05) is 17.3 Å². The summed E-state index contributed by atoms with van der Waals surface area (Å²) in [5.41, 5.74) is 1.72. The summed E-state index contributed by atoms with van der Waals surface area (Å²) in [5.74, 6) is 0. The number of nitrogens with zero attached hydrogens (tertiary/aromatic N) is 2. The average molecular weight is 328 g/mol. The number of H-pyrrole nitrogens is 1. The third-order valence-electron chi connectivity index (χ3n) is 3.37. The van der Waals surface area contributed by atoms with Crippen molar-refractivity contribution < 1.29 is 4.74 Å². The van der Waals surface area contributed by atoms with Gasteiger partial charge in [0.1, 0.15) is 0 Å². The number of aromatic amines is 1. The molecule has 4 nitrogen and oxygen atoms in total. The molecule has 1 fully saturated rings. The van der Waals surface area contributed by atoms with Gasteiger partial charge in [-0.3, -0.25) is 4.57 Å². The van der Waals surface area contributed by atoms with E-state index in [1.807, 2.05) is 10.6 Å². The van der Waals surface area contributed by atoms with Crippen LogP contribution in [0.15, 0.2) is 16.7 Å². The largest absolute Gasteiger partial charge is 0.373 e. The Hall–Kier alpha value is -0.720. The molecule has 0 saturated carbocycles. The summed E-state index contributed by atoms with van der Waals surface area (Å²) in [6.45, 7) is 3.73. The molecule has 3 heterocycles. The van der Waals surface area contributed by atoms with E-state index in [1.54, 1.807) is 6.20 Å². The van der Waals surface area contributed by atoms with E-state index in [-0.39, 0.29) is 5.60 Å². The lowest BCUT2D eigenvalue weighted by molar-refractivity contribution is 0.00668. The zero-order chi connectivity index (χ0) is 12.8. The molecule has 0 aliphatic carbocycles. The molecule has 0 spiro atoms. The highest BCUT2D eigenvalue weighted by Crippen LogP contribution is 2.28. The van der Waals surface area contributed by atoms with E-state index in [2.05, 4.69) is 32.8 Å². The second-order valence-corrected chi connectivity index (χ2v) is 6.25. The Morgan fingerprint density at radius 1 is 1.67 bits per heavy atom. The predicted molar refractivity (Wildman–Crippen MR) is 76.2 cm³/mol. The number of nitrogens with one attached hydrogen (secondary N) is 1. The molecular weight excluding hydrogens is 314 g/mol. The van der Waals surface area contributed by atoms with Gasteiger partial charge in [0.15, 0.2) is 10.4 Å². The molecule has 0 aromatic carbocycles. The molecule has 0 radical (unpaired) electrons. The highest BCUT2D eigenvalue weighted by Gasteiger charge is 2.31. The van der Waals surface area contributed by atoms with Gasteiger partial charge in [-0.05, 0) is 54.0 Å². The van der Waals surface area contributed by atoms with Crippen LogP contribution in [0.3, 0.4) is 0 Å². The molecule has 1 unspecified atom stereocenters. The molecule has 3 rings (SSSR count). The second-order valence-electron chi connectivity index (χ2n) is 4.94. The van der Waals surface area contributed by atoms with Crippen molar-refractivity contribution in [1.82, 2.24) is 14.5 Å². The van der Waals surface area contributed by atoms with Crippen molar-refractivity contribution in [2.75, 3.05) is 6.61 Å². The van der Waals surface area contributed by atoms with E-state index in [9.17, 15) is 0 Å². The lowest BCUT2D eigenvalue weighted by atomic mass is 10.0. The summed E-state index contributed by atoms with van der Waals surface area (Å²) in [6.07, 6.45) is 3.97. The fraction of sp³-hybridized carbons (Fsp3) is 0.500. The van der Waals surface area contributed by atoms with Gasteiger partial charge < -0.3 is 9.72 Å². The first-order valence-electron chi connectivity index (χ1n) is 5.95. The smallest absolute Gasteiger partial charge is 0.179 e.